The van der Waals surface area contributed by atoms with Crippen LogP contribution in [0.25, 0.3) is 5.82 Å². The van der Waals surface area contributed by atoms with Gasteiger partial charge in [-0.15, -0.1) is 0 Å². The van der Waals surface area contributed by atoms with E-state index >= 15 is 0 Å². The summed E-state index contributed by atoms with van der Waals surface area (Å²) < 4.78 is 1.72. The van der Waals surface area contributed by atoms with Crippen molar-refractivity contribution in [2.45, 2.75) is 26.7 Å². The summed E-state index contributed by atoms with van der Waals surface area (Å²) >= 11 is 6.18. The van der Waals surface area contributed by atoms with Gasteiger partial charge in [-0.1, -0.05) is 25.4 Å². The molecule has 0 amide bonds. The van der Waals surface area contributed by atoms with Crippen molar-refractivity contribution >= 4 is 11.6 Å². The van der Waals surface area contributed by atoms with Gasteiger partial charge in [0.15, 0.2) is 5.82 Å². The van der Waals surface area contributed by atoms with Gasteiger partial charge in [-0.2, -0.15) is 10.4 Å². The predicted molar refractivity (Wildman–Crippen MR) is 69.8 cm³/mol. The Morgan fingerprint density at radius 3 is 2.78 bits per heavy atom. The van der Waals surface area contributed by atoms with Crippen molar-refractivity contribution in [3.05, 3.63) is 40.3 Å². The maximum absolute atomic E-state index is 8.98. The molecule has 2 aromatic rings. The molecule has 0 radical (unpaired) electrons. The Morgan fingerprint density at radius 1 is 1.39 bits per heavy atom. The molecule has 92 valence electrons. The van der Waals surface area contributed by atoms with Gasteiger partial charge in [0, 0.05) is 11.9 Å². The molecule has 2 rings (SSSR count). The lowest BCUT2D eigenvalue weighted by molar-refractivity contribution is 0.772. The van der Waals surface area contributed by atoms with Crippen molar-refractivity contribution in [2.75, 3.05) is 0 Å². The number of aromatic nitrogens is 3. The lowest BCUT2D eigenvalue weighted by Gasteiger charge is -2.07. The quantitative estimate of drug-likeness (QED) is 0.853. The normalized spacial score (nSPS) is 10.3. The molecular formula is C13H13ClN4. The first-order valence-electron chi connectivity index (χ1n) is 5.84. The van der Waals surface area contributed by atoms with Crippen molar-refractivity contribution in [3.63, 3.8) is 0 Å². The second kappa shape index (κ2) is 5.19. The van der Waals surface area contributed by atoms with E-state index in [1.807, 2.05) is 13.0 Å². The van der Waals surface area contributed by atoms with Gasteiger partial charge < -0.3 is 0 Å². The summed E-state index contributed by atoms with van der Waals surface area (Å²) in [5.74, 6) is 0.521. The van der Waals surface area contributed by atoms with Crippen LogP contribution in [0.2, 0.25) is 5.02 Å². The Labute approximate surface area is 111 Å². The zero-order valence-electron chi connectivity index (χ0n) is 10.3. The molecule has 2 aromatic heterocycles. The van der Waals surface area contributed by atoms with Crippen LogP contribution in [0.5, 0.6) is 0 Å². The molecule has 0 aromatic carbocycles. The van der Waals surface area contributed by atoms with E-state index in [2.05, 4.69) is 23.1 Å². The Morgan fingerprint density at radius 2 is 2.17 bits per heavy atom. The van der Waals surface area contributed by atoms with E-state index in [-0.39, 0.29) is 0 Å². The SMILES string of the molecule is CCc1cc(CC)n(-c2nccc(C#N)c2Cl)n1. The zero-order chi connectivity index (χ0) is 13.1. The average Bonchev–Trinajstić information content (AvgIpc) is 2.82. The molecule has 0 atom stereocenters. The first-order chi connectivity index (χ1) is 8.71. The fraction of sp³-hybridized carbons (Fsp3) is 0.308. The summed E-state index contributed by atoms with van der Waals surface area (Å²) in [5.41, 5.74) is 2.45. The minimum Gasteiger partial charge on any atom is -0.236 e. The van der Waals surface area contributed by atoms with Crippen molar-refractivity contribution in [2.24, 2.45) is 0 Å². The number of pyridine rings is 1. The standard InChI is InChI=1S/C13H13ClN4/c1-3-10-7-11(4-2)18(17-10)13-12(14)9(8-15)5-6-16-13/h5-7H,3-4H2,1-2H3. The van der Waals surface area contributed by atoms with Gasteiger partial charge in [0.1, 0.15) is 11.1 Å². The summed E-state index contributed by atoms with van der Waals surface area (Å²) in [7, 11) is 0. The maximum atomic E-state index is 8.98. The molecule has 0 spiro atoms. The summed E-state index contributed by atoms with van der Waals surface area (Å²) in [6.07, 6.45) is 3.27. The van der Waals surface area contributed by atoms with Crippen molar-refractivity contribution in [1.82, 2.24) is 14.8 Å². The molecule has 0 aliphatic carbocycles. The molecule has 18 heavy (non-hydrogen) atoms. The third-order valence-corrected chi connectivity index (χ3v) is 3.12. The van der Waals surface area contributed by atoms with Gasteiger partial charge in [0.2, 0.25) is 0 Å². The largest absolute Gasteiger partial charge is 0.236 e. The van der Waals surface area contributed by atoms with Crippen LogP contribution in [-0.4, -0.2) is 14.8 Å². The third-order valence-electron chi connectivity index (χ3n) is 2.75. The predicted octanol–water partition coefficient (Wildman–Crippen LogP) is 2.92. The molecule has 2 heterocycles. The minimum absolute atomic E-state index is 0.348. The Bertz CT molecular complexity index is 610. The smallest absolute Gasteiger partial charge is 0.173 e. The number of hydrogen-bond donors (Lipinski definition) is 0. The van der Waals surface area contributed by atoms with E-state index in [1.165, 1.54) is 0 Å². The lowest BCUT2D eigenvalue weighted by Crippen LogP contribution is -2.05. The molecule has 0 bridgehead atoms. The second-order valence-corrected chi connectivity index (χ2v) is 4.23. The van der Waals surface area contributed by atoms with Gasteiger partial charge in [-0.25, -0.2) is 9.67 Å². The lowest BCUT2D eigenvalue weighted by atomic mass is 10.2. The number of aryl methyl sites for hydroxylation is 2. The van der Waals surface area contributed by atoms with Crippen molar-refractivity contribution < 1.29 is 0 Å². The van der Waals surface area contributed by atoms with E-state index in [0.29, 0.717) is 16.4 Å². The number of nitrogens with zero attached hydrogens (tertiary/aromatic N) is 4. The van der Waals surface area contributed by atoms with Gasteiger partial charge in [-0.3, -0.25) is 0 Å². The van der Waals surface area contributed by atoms with Crippen LogP contribution in [0.4, 0.5) is 0 Å². The maximum Gasteiger partial charge on any atom is 0.173 e. The number of nitriles is 1. The first kappa shape index (κ1) is 12.6. The first-order valence-corrected chi connectivity index (χ1v) is 6.21. The van der Waals surface area contributed by atoms with Crippen LogP contribution in [0.1, 0.15) is 30.8 Å². The van der Waals surface area contributed by atoms with Crippen LogP contribution < -0.4 is 0 Å². The van der Waals surface area contributed by atoms with Gasteiger partial charge in [0.05, 0.1) is 11.3 Å². The average molecular weight is 261 g/mol. The molecule has 0 saturated heterocycles. The second-order valence-electron chi connectivity index (χ2n) is 3.85. The molecule has 4 nitrogen and oxygen atoms in total. The topological polar surface area (TPSA) is 54.5 Å². The van der Waals surface area contributed by atoms with E-state index in [0.717, 1.165) is 24.2 Å². The van der Waals surface area contributed by atoms with Gasteiger partial charge >= 0.3 is 0 Å². The van der Waals surface area contributed by atoms with E-state index < -0.39 is 0 Å². The highest BCUT2D eigenvalue weighted by Crippen LogP contribution is 2.23. The Kier molecular flexibility index (Phi) is 3.63. The molecule has 5 heteroatoms. The molecular weight excluding hydrogens is 248 g/mol. The molecule has 0 saturated carbocycles. The fourth-order valence-corrected chi connectivity index (χ4v) is 1.98. The van der Waals surface area contributed by atoms with E-state index in [9.17, 15) is 0 Å². The van der Waals surface area contributed by atoms with Crippen LogP contribution in [0, 0.1) is 11.3 Å². The van der Waals surface area contributed by atoms with Crippen molar-refractivity contribution in [1.29, 1.82) is 5.26 Å². The molecule has 0 aliphatic heterocycles. The summed E-state index contributed by atoms with van der Waals surface area (Å²) in [4.78, 5) is 4.23. The van der Waals surface area contributed by atoms with Crippen LogP contribution in [0.15, 0.2) is 18.3 Å². The molecule has 0 aliphatic rings. The fourth-order valence-electron chi connectivity index (χ4n) is 1.75. The van der Waals surface area contributed by atoms with Crippen LogP contribution in [-0.2, 0) is 12.8 Å². The van der Waals surface area contributed by atoms with Crippen molar-refractivity contribution in [3.8, 4) is 11.9 Å². The summed E-state index contributed by atoms with van der Waals surface area (Å²) in [5, 5.41) is 13.8. The monoisotopic (exact) mass is 260 g/mol. The highest BCUT2D eigenvalue weighted by molar-refractivity contribution is 6.33. The minimum atomic E-state index is 0.348. The number of rotatable bonds is 3. The van der Waals surface area contributed by atoms with E-state index in [4.69, 9.17) is 16.9 Å². The third kappa shape index (κ3) is 2.09. The number of hydrogen-bond acceptors (Lipinski definition) is 3. The Hall–Kier alpha value is -1.86. The van der Waals surface area contributed by atoms with Crippen LogP contribution >= 0.6 is 11.6 Å². The highest BCUT2D eigenvalue weighted by atomic mass is 35.5. The van der Waals surface area contributed by atoms with Gasteiger partial charge in [-0.05, 0) is 25.0 Å². The number of halogens is 1. The zero-order valence-corrected chi connectivity index (χ0v) is 11.1. The molecule has 0 N–H and O–H groups in total. The summed E-state index contributed by atoms with van der Waals surface area (Å²) in [6, 6.07) is 5.69. The molecule has 0 fully saturated rings. The Balaban J connectivity index is 2.62. The van der Waals surface area contributed by atoms with Crippen LogP contribution in [0.3, 0.4) is 0 Å². The van der Waals surface area contributed by atoms with Gasteiger partial charge in [0.25, 0.3) is 0 Å². The highest BCUT2D eigenvalue weighted by Gasteiger charge is 2.14. The van der Waals surface area contributed by atoms with E-state index in [1.54, 1.807) is 16.9 Å². The summed E-state index contributed by atoms with van der Waals surface area (Å²) in [6.45, 7) is 4.10. The molecule has 0 unspecified atom stereocenters.